The molecule has 0 aromatic carbocycles. The van der Waals surface area contributed by atoms with Gasteiger partial charge in [0.05, 0.1) is 5.92 Å². The van der Waals surface area contributed by atoms with Crippen LogP contribution in [0.4, 0.5) is 0 Å². The molecule has 0 spiro atoms. The summed E-state index contributed by atoms with van der Waals surface area (Å²) < 4.78 is 5.47. The quantitative estimate of drug-likeness (QED) is 0.631. The lowest BCUT2D eigenvalue weighted by molar-refractivity contribution is -0.167. The Kier molecular flexibility index (Phi) is 4.45. The SMILES string of the molecule is CCC(C)(OC(=O)C(C)C)C(C)C. The lowest BCUT2D eigenvalue weighted by Crippen LogP contribution is -2.37. The summed E-state index contributed by atoms with van der Waals surface area (Å²) in [6, 6.07) is 0. The van der Waals surface area contributed by atoms with E-state index in [0.29, 0.717) is 5.92 Å². The van der Waals surface area contributed by atoms with Crippen molar-refractivity contribution in [1.29, 1.82) is 0 Å². The molecule has 0 amide bonds. The smallest absolute Gasteiger partial charge is 0.308 e. The molecule has 0 N–H and O–H groups in total. The average molecular weight is 186 g/mol. The lowest BCUT2D eigenvalue weighted by Gasteiger charge is -2.33. The van der Waals surface area contributed by atoms with Crippen LogP contribution in [0.15, 0.2) is 0 Å². The summed E-state index contributed by atoms with van der Waals surface area (Å²) in [4.78, 5) is 11.4. The first kappa shape index (κ1) is 12.5. The van der Waals surface area contributed by atoms with Crippen LogP contribution in [0.3, 0.4) is 0 Å². The first-order chi connectivity index (χ1) is 5.83. The molecule has 0 aliphatic rings. The van der Waals surface area contributed by atoms with Gasteiger partial charge in [-0.3, -0.25) is 4.79 Å². The average Bonchev–Trinajstić information content (AvgIpc) is 2.03. The third-order valence-electron chi connectivity index (χ3n) is 2.73. The highest BCUT2D eigenvalue weighted by Gasteiger charge is 2.31. The lowest BCUT2D eigenvalue weighted by atomic mass is 9.89. The summed E-state index contributed by atoms with van der Waals surface area (Å²) in [5, 5.41) is 0. The molecule has 78 valence electrons. The van der Waals surface area contributed by atoms with Crippen molar-refractivity contribution in [3.05, 3.63) is 0 Å². The highest BCUT2D eigenvalue weighted by Crippen LogP contribution is 2.26. The van der Waals surface area contributed by atoms with Crippen molar-refractivity contribution in [3.8, 4) is 0 Å². The normalized spacial score (nSPS) is 16.0. The van der Waals surface area contributed by atoms with Crippen molar-refractivity contribution in [2.45, 2.75) is 53.6 Å². The maximum Gasteiger partial charge on any atom is 0.308 e. The molecule has 0 aliphatic heterocycles. The minimum Gasteiger partial charge on any atom is -0.459 e. The molecule has 0 aromatic heterocycles. The van der Waals surface area contributed by atoms with E-state index in [0.717, 1.165) is 6.42 Å². The molecular formula is C11H22O2. The van der Waals surface area contributed by atoms with Crippen LogP contribution in [0, 0.1) is 11.8 Å². The maximum absolute atomic E-state index is 11.4. The van der Waals surface area contributed by atoms with E-state index in [1.165, 1.54) is 0 Å². The second kappa shape index (κ2) is 4.64. The van der Waals surface area contributed by atoms with Gasteiger partial charge >= 0.3 is 5.97 Å². The van der Waals surface area contributed by atoms with Crippen LogP contribution < -0.4 is 0 Å². The summed E-state index contributed by atoms with van der Waals surface area (Å²) in [6.07, 6.45) is 0.864. The van der Waals surface area contributed by atoms with Crippen molar-refractivity contribution in [2.24, 2.45) is 11.8 Å². The van der Waals surface area contributed by atoms with Crippen LogP contribution in [0.25, 0.3) is 0 Å². The van der Waals surface area contributed by atoms with E-state index in [4.69, 9.17) is 4.74 Å². The van der Waals surface area contributed by atoms with E-state index in [2.05, 4.69) is 13.8 Å². The number of ether oxygens (including phenoxy) is 1. The molecule has 0 heterocycles. The van der Waals surface area contributed by atoms with Crippen molar-refractivity contribution in [1.82, 2.24) is 0 Å². The third kappa shape index (κ3) is 3.37. The second-order valence-electron chi connectivity index (χ2n) is 4.40. The molecular weight excluding hydrogens is 164 g/mol. The van der Waals surface area contributed by atoms with E-state index in [1.807, 2.05) is 27.7 Å². The number of carbonyl (C=O) groups excluding carboxylic acids is 1. The maximum atomic E-state index is 11.4. The van der Waals surface area contributed by atoms with Crippen LogP contribution >= 0.6 is 0 Å². The molecule has 13 heavy (non-hydrogen) atoms. The highest BCUT2D eigenvalue weighted by atomic mass is 16.6. The van der Waals surface area contributed by atoms with Gasteiger partial charge in [-0.15, -0.1) is 0 Å². The molecule has 0 fully saturated rings. The van der Waals surface area contributed by atoms with Crippen LogP contribution in [-0.2, 0) is 9.53 Å². The van der Waals surface area contributed by atoms with E-state index >= 15 is 0 Å². The second-order valence-corrected chi connectivity index (χ2v) is 4.40. The van der Waals surface area contributed by atoms with E-state index < -0.39 is 0 Å². The Balaban J connectivity index is 4.36. The van der Waals surface area contributed by atoms with Crippen molar-refractivity contribution >= 4 is 5.97 Å². The van der Waals surface area contributed by atoms with Gasteiger partial charge in [0.15, 0.2) is 0 Å². The molecule has 0 bridgehead atoms. The van der Waals surface area contributed by atoms with Gasteiger partial charge in [0.1, 0.15) is 5.60 Å². The van der Waals surface area contributed by atoms with Crippen LogP contribution in [0.5, 0.6) is 0 Å². The Morgan fingerprint density at radius 2 is 1.77 bits per heavy atom. The van der Waals surface area contributed by atoms with E-state index in [9.17, 15) is 4.79 Å². The molecule has 2 nitrogen and oxygen atoms in total. The largest absolute Gasteiger partial charge is 0.459 e. The molecule has 0 saturated heterocycles. The van der Waals surface area contributed by atoms with Gasteiger partial charge < -0.3 is 4.74 Å². The molecule has 1 atom stereocenters. The van der Waals surface area contributed by atoms with E-state index in [-0.39, 0.29) is 17.5 Å². The number of esters is 1. The number of hydrogen-bond acceptors (Lipinski definition) is 2. The minimum atomic E-state index is -0.304. The number of rotatable bonds is 4. The molecule has 0 radical (unpaired) electrons. The predicted octanol–water partition coefficient (Wildman–Crippen LogP) is 3.01. The van der Waals surface area contributed by atoms with Gasteiger partial charge in [-0.1, -0.05) is 34.6 Å². The molecule has 0 rings (SSSR count). The standard InChI is InChI=1S/C11H22O2/c1-7-11(6,9(4)5)13-10(12)8(2)3/h8-9H,7H2,1-6H3. The molecule has 0 aliphatic carbocycles. The molecule has 2 heteroatoms. The Labute approximate surface area is 81.7 Å². The number of carbonyl (C=O) groups is 1. The van der Waals surface area contributed by atoms with Crippen LogP contribution in [0.1, 0.15) is 48.0 Å². The summed E-state index contributed by atoms with van der Waals surface area (Å²) in [5.41, 5.74) is -0.304. The predicted molar refractivity (Wildman–Crippen MR) is 54.5 cm³/mol. The molecule has 1 unspecified atom stereocenters. The Morgan fingerprint density at radius 1 is 1.31 bits per heavy atom. The Hall–Kier alpha value is -0.530. The highest BCUT2D eigenvalue weighted by molar-refractivity contribution is 5.72. The van der Waals surface area contributed by atoms with Crippen molar-refractivity contribution in [2.75, 3.05) is 0 Å². The summed E-state index contributed by atoms with van der Waals surface area (Å²) in [6.45, 7) is 11.9. The Morgan fingerprint density at radius 3 is 2.00 bits per heavy atom. The zero-order chi connectivity index (χ0) is 10.6. The van der Waals surface area contributed by atoms with Gasteiger partial charge in [0.25, 0.3) is 0 Å². The van der Waals surface area contributed by atoms with Crippen LogP contribution in [0.2, 0.25) is 0 Å². The molecule has 0 aromatic rings. The van der Waals surface area contributed by atoms with E-state index in [1.54, 1.807) is 0 Å². The Bertz CT molecular complexity index is 173. The van der Waals surface area contributed by atoms with Gasteiger partial charge in [-0.2, -0.15) is 0 Å². The first-order valence-electron chi connectivity index (χ1n) is 5.06. The van der Waals surface area contributed by atoms with Gasteiger partial charge in [-0.25, -0.2) is 0 Å². The zero-order valence-corrected chi connectivity index (χ0v) is 9.68. The topological polar surface area (TPSA) is 26.3 Å². The summed E-state index contributed by atoms with van der Waals surface area (Å²) >= 11 is 0. The first-order valence-corrected chi connectivity index (χ1v) is 5.06. The summed E-state index contributed by atoms with van der Waals surface area (Å²) in [5.74, 6) is 0.225. The van der Waals surface area contributed by atoms with Crippen molar-refractivity contribution in [3.63, 3.8) is 0 Å². The minimum absolute atomic E-state index is 0.0374. The third-order valence-corrected chi connectivity index (χ3v) is 2.73. The van der Waals surface area contributed by atoms with Crippen LogP contribution in [-0.4, -0.2) is 11.6 Å². The fraction of sp³-hybridized carbons (Fsp3) is 0.909. The van der Waals surface area contributed by atoms with Gasteiger partial charge in [0, 0.05) is 0 Å². The summed E-state index contributed by atoms with van der Waals surface area (Å²) in [7, 11) is 0. The van der Waals surface area contributed by atoms with Gasteiger partial charge in [0.2, 0.25) is 0 Å². The number of hydrogen-bond donors (Lipinski definition) is 0. The monoisotopic (exact) mass is 186 g/mol. The zero-order valence-electron chi connectivity index (χ0n) is 9.68. The van der Waals surface area contributed by atoms with Crippen molar-refractivity contribution < 1.29 is 9.53 Å². The molecule has 0 saturated carbocycles. The van der Waals surface area contributed by atoms with Gasteiger partial charge in [-0.05, 0) is 19.3 Å². The fourth-order valence-corrected chi connectivity index (χ4v) is 0.946. The fourth-order valence-electron chi connectivity index (χ4n) is 0.946.